The van der Waals surface area contributed by atoms with Crippen LogP contribution in [0.4, 0.5) is 0 Å². The number of aromatic nitrogens is 4. The molecule has 0 amide bonds. The number of benzene rings is 2. The molecule has 0 unspecified atom stereocenters. The van der Waals surface area contributed by atoms with Gasteiger partial charge in [-0.2, -0.15) is 9.61 Å². The van der Waals surface area contributed by atoms with Gasteiger partial charge in [0.15, 0.2) is 5.82 Å². The molecule has 25 heavy (non-hydrogen) atoms. The molecule has 2 aromatic heterocycles. The van der Waals surface area contributed by atoms with E-state index < -0.39 is 0 Å². The second-order valence-corrected chi connectivity index (χ2v) is 6.50. The Kier molecular flexibility index (Phi) is 4.07. The lowest BCUT2D eigenvalue weighted by molar-refractivity contribution is 0.292. The SMILES string of the molecule is COc1ccc(OCc2nnc3sc(-c4ccc(C)cc4)nn23)cc1. The van der Waals surface area contributed by atoms with E-state index in [0.717, 1.165) is 27.0 Å². The molecule has 0 radical (unpaired) electrons. The van der Waals surface area contributed by atoms with Crippen LogP contribution in [0.1, 0.15) is 11.4 Å². The Morgan fingerprint density at radius 3 is 2.40 bits per heavy atom. The largest absolute Gasteiger partial charge is 0.497 e. The maximum absolute atomic E-state index is 5.77. The molecular weight excluding hydrogens is 336 g/mol. The number of nitrogens with zero attached hydrogens (tertiary/aromatic N) is 4. The predicted octanol–water partition coefficient (Wildman–Crippen LogP) is 3.75. The van der Waals surface area contributed by atoms with Crippen LogP contribution in [0, 0.1) is 6.92 Å². The number of fused-ring (bicyclic) bond motifs is 1. The zero-order valence-electron chi connectivity index (χ0n) is 13.8. The van der Waals surface area contributed by atoms with Crippen LogP contribution in [0.15, 0.2) is 48.5 Å². The predicted molar refractivity (Wildman–Crippen MR) is 96.2 cm³/mol. The highest BCUT2D eigenvalue weighted by atomic mass is 32.1. The summed E-state index contributed by atoms with van der Waals surface area (Å²) in [4.78, 5) is 0.754. The lowest BCUT2D eigenvalue weighted by Crippen LogP contribution is -2.02. The monoisotopic (exact) mass is 352 g/mol. The Morgan fingerprint density at radius 2 is 1.68 bits per heavy atom. The highest BCUT2D eigenvalue weighted by molar-refractivity contribution is 7.19. The minimum Gasteiger partial charge on any atom is -0.497 e. The van der Waals surface area contributed by atoms with Crippen LogP contribution in [-0.2, 0) is 6.61 Å². The second-order valence-electron chi connectivity index (χ2n) is 5.55. The summed E-state index contributed by atoms with van der Waals surface area (Å²) in [5, 5.41) is 13.9. The maximum atomic E-state index is 5.77. The fourth-order valence-electron chi connectivity index (χ4n) is 2.38. The number of rotatable bonds is 5. The van der Waals surface area contributed by atoms with E-state index in [-0.39, 0.29) is 0 Å². The average molecular weight is 352 g/mol. The van der Waals surface area contributed by atoms with Crippen LogP contribution < -0.4 is 9.47 Å². The summed E-state index contributed by atoms with van der Waals surface area (Å²) in [5.41, 5.74) is 2.29. The van der Waals surface area contributed by atoms with Gasteiger partial charge < -0.3 is 9.47 Å². The van der Waals surface area contributed by atoms with Crippen molar-refractivity contribution in [2.75, 3.05) is 7.11 Å². The van der Waals surface area contributed by atoms with Crippen LogP contribution in [0.2, 0.25) is 0 Å². The summed E-state index contributed by atoms with van der Waals surface area (Å²) in [6.07, 6.45) is 0. The summed E-state index contributed by atoms with van der Waals surface area (Å²) >= 11 is 1.51. The van der Waals surface area contributed by atoms with Gasteiger partial charge in [0.25, 0.3) is 0 Å². The van der Waals surface area contributed by atoms with E-state index in [2.05, 4.69) is 46.5 Å². The van der Waals surface area contributed by atoms with Crippen LogP contribution >= 0.6 is 11.3 Å². The molecule has 0 aliphatic carbocycles. The molecule has 0 atom stereocenters. The Hall–Kier alpha value is -2.93. The maximum Gasteiger partial charge on any atom is 0.235 e. The minimum atomic E-state index is 0.296. The molecule has 0 fully saturated rings. The van der Waals surface area contributed by atoms with E-state index in [9.17, 15) is 0 Å². The van der Waals surface area contributed by atoms with Crippen LogP contribution in [-0.4, -0.2) is 26.9 Å². The molecule has 0 saturated carbocycles. The zero-order chi connectivity index (χ0) is 17.2. The number of methoxy groups -OCH3 is 1. The Labute approximate surface area is 148 Å². The molecule has 126 valence electrons. The molecule has 6 nitrogen and oxygen atoms in total. The Morgan fingerprint density at radius 1 is 0.960 bits per heavy atom. The lowest BCUT2D eigenvalue weighted by Gasteiger charge is -2.05. The van der Waals surface area contributed by atoms with Crippen molar-refractivity contribution in [3.05, 3.63) is 59.9 Å². The van der Waals surface area contributed by atoms with Gasteiger partial charge in [0.05, 0.1) is 7.11 Å². The van der Waals surface area contributed by atoms with Gasteiger partial charge in [0.1, 0.15) is 23.1 Å². The number of hydrogen-bond donors (Lipinski definition) is 0. The third-order valence-electron chi connectivity index (χ3n) is 3.78. The topological polar surface area (TPSA) is 61.5 Å². The molecule has 0 saturated heterocycles. The Balaban J connectivity index is 1.54. The van der Waals surface area contributed by atoms with E-state index in [1.807, 2.05) is 24.3 Å². The average Bonchev–Trinajstić information content (AvgIpc) is 3.22. The molecule has 0 N–H and O–H groups in total. The molecule has 2 aromatic carbocycles. The summed E-state index contributed by atoms with van der Waals surface area (Å²) in [7, 11) is 1.64. The first kappa shape index (κ1) is 15.6. The minimum absolute atomic E-state index is 0.296. The zero-order valence-corrected chi connectivity index (χ0v) is 14.7. The second kappa shape index (κ2) is 6.52. The van der Waals surface area contributed by atoms with Crippen molar-refractivity contribution in [1.29, 1.82) is 0 Å². The smallest absolute Gasteiger partial charge is 0.235 e. The van der Waals surface area contributed by atoms with E-state index >= 15 is 0 Å². The van der Waals surface area contributed by atoms with Gasteiger partial charge in [-0.15, -0.1) is 10.2 Å². The molecule has 7 heteroatoms. The van der Waals surface area contributed by atoms with Crippen molar-refractivity contribution >= 4 is 16.3 Å². The van der Waals surface area contributed by atoms with E-state index in [1.165, 1.54) is 16.9 Å². The summed E-state index contributed by atoms with van der Waals surface area (Å²) < 4.78 is 12.7. The van der Waals surface area contributed by atoms with Gasteiger partial charge in [-0.3, -0.25) is 0 Å². The van der Waals surface area contributed by atoms with Gasteiger partial charge >= 0.3 is 0 Å². The quantitative estimate of drug-likeness (QED) is 0.547. The van der Waals surface area contributed by atoms with Crippen molar-refractivity contribution in [1.82, 2.24) is 19.8 Å². The van der Waals surface area contributed by atoms with E-state index in [1.54, 1.807) is 11.6 Å². The molecule has 2 heterocycles. The van der Waals surface area contributed by atoms with Crippen molar-refractivity contribution in [3.8, 4) is 22.1 Å². The summed E-state index contributed by atoms with van der Waals surface area (Å²) in [6.45, 7) is 2.36. The van der Waals surface area contributed by atoms with E-state index in [0.29, 0.717) is 12.4 Å². The first-order valence-corrected chi connectivity index (χ1v) is 8.59. The third kappa shape index (κ3) is 3.18. The first-order valence-electron chi connectivity index (χ1n) is 7.78. The highest BCUT2D eigenvalue weighted by Crippen LogP contribution is 2.26. The van der Waals surface area contributed by atoms with Crippen LogP contribution in [0.5, 0.6) is 11.5 Å². The van der Waals surface area contributed by atoms with Crippen molar-refractivity contribution in [2.24, 2.45) is 0 Å². The van der Waals surface area contributed by atoms with Crippen LogP contribution in [0.25, 0.3) is 15.5 Å². The van der Waals surface area contributed by atoms with Crippen LogP contribution in [0.3, 0.4) is 0 Å². The van der Waals surface area contributed by atoms with Gasteiger partial charge in [0, 0.05) is 5.56 Å². The van der Waals surface area contributed by atoms with Gasteiger partial charge in [-0.25, -0.2) is 0 Å². The third-order valence-corrected chi connectivity index (χ3v) is 4.73. The van der Waals surface area contributed by atoms with Crippen molar-refractivity contribution < 1.29 is 9.47 Å². The van der Waals surface area contributed by atoms with Gasteiger partial charge in [-0.05, 0) is 31.2 Å². The number of hydrogen-bond acceptors (Lipinski definition) is 6. The normalized spacial score (nSPS) is 11.0. The molecule has 4 rings (SSSR count). The number of aryl methyl sites for hydroxylation is 1. The molecule has 0 aliphatic rings. The van der Waals surface area contributed by atoms with Crippen molar-refractivity contribution in [2.45, 2.75) is 13.5 Å². The number of ether oxygens (including phenoxy) is 2. The Bertz CT molecular complexity index is 990. The summed E-state index contributed by atoms with van der Waals surface area (Å²) in [5.74, 6) is 2.20. The van der Waals surface area contributed by atoms with Crippen molar-refractivity contribution in [3.63, 3.8) is 0 Å². The molecule has 0 spiro atoms. The molecular formula is C18H16N4O2S. The highest BCUT2D eigenvalue weighted by Gasteiger charge is 2.13. The van der Waals surface area contributed by atoms with Gasteiger partial charge in [-0.1, -0.05) is 41.2 Å². The fourth-order valence-corrected chi connectivity index (χ4v) is 3.24. The van der Waals surface area contributed by atoms with E-state index in [4.69, 9.17) is 9.47 Å². The molecule has 0 bridgehead atoms. The standard InChI is InChI=1S/C18H16N4O2S/c1-12-3-5-13(6-4-12)17-21-22-16(19-20-18(22)25-17)11-24-15-9-7-14(23-2)8-10-15/h3-10H,11H2,1-2H3. The summed E-state index contributed by atoms with van der Waals surface area (Å²) in [6, 6.07) is 15.7. The molecule has 0 aliphatic heterocycles. The lowest BCUT2D eigenvalue weighted by atomic mass is 10.2. The fraction of sp³-hybridized carbons (Fsp3) is 0.167. The first-order chi connectivity index (χ1) is 12.2. The molecule has 4 aromatic rings. The van der Waals surface area contributed by atoms with Gasteiger partial charge in [0.2, 0.25) is 4.96 Å².